The van der Waals surface area contributed by atoms with Crippen LogP contribution in [0.25, 0.3) is 0 Å². The maximum absolute atomic E-state index is 11.8. The maximum Gasteiger partial charge on any atom is 0.407 e. The van der Waals surface area contributed by atoms with Gasteiger partial charge >= 0.3 is 6.09 Å². The minimum Gasteiger partial charge on any atom is -0.444 e. The number of aromatic nitrogens is 2. The maximum atomic E-state index is 11.8. The average molecular weight is 501 g/mol. The first-order valence-electron chi connectivity index (χ1n) is 10.4. The number of carbonyl (C=O) groups is 1. The van der Waals surface area contributed by atoms with Crippen LogP contribution in [0.2, 0.25) is 0 Å². The first-order valence-corrected chi connectivity index (χ1v) is 11.2. The molecule has 1 heterocycles. The lowest BCUT2D eigenvalue weighted by Crippen LogP contribution is -2.32. The number of alkyl carbamates (subject to hydrolysis) is 1. The fraction of sp³-hybridized carbons (Fsp3) is 0.348. The third-order valence-corrected chi connectivity index (χ3v) is 5.04. The number of nitrogens with two attached hydrogens (primary N) is 1. The summed E-state index contributed by atoms with van der Waals surface area (Å²) in [5, 5.41) is 9.07. The number of anilines is 3. The lowest BCUT2D eigenvalue weighted by atomic mass is 10.2. The summed E-state index contributed by atoms with van der Waals surface area (Å²) >= 11 is 3.46. The summed E-state index contributed by atoms with van der Waals surface area (Å²) in [7, 11) is 0. The number of allylic oxidation sites excluding steroid dienone is 2. The summed E-state index contributed by atoms with van der Waals surface area (Å²) in [5.41, 5.74) is 8.79. The Morgan fingerprint density at radius 3 is 2.62 bits per heavy atom. The van der Waals surface area contributed by atoms with Gasteiger partial charge in [-0.15, -0.1) is 0 Å². The molecule has 32 heavy (non-hydrogen) atoms. The quantitative estimate of drug-likeness (QED) is 0.368. The Morgan fingerprint density at radius 2 is 2.00 bits per heavy atom. The molecule has 1 aromatic heterocycles. The van der Waals surface area contributed by atoms with Gasteiger partial charge in [0, 0.05) is 29.8 Å². The van der Waals surface area contributed by atoms with E-state index in [1.165, 1.54) is 0 Å². The Hall–Kier alpha value is -3.07. The van der Waals surface area contributed by atoms with Gasteiger partial charge in [0.2, 0.25) is 5.95 Å². The first-order chi connectivity index (χ1) is 15.1. The van der Waals surface area contributed by atoms with E-state index in [1.807, 2.05) is 51.1 Å². The number of benzene rings is 1. The summed E-state index contributed by atoms with van der Waals surface area (Å²) in [6, 6.07) is 7.60. The van der Waals surface area contributed by atoms with E-state index in [-0.39, 0.29) is 0 Å². The Labute approximate surface area is 196 Å². The van der Waals surface area contributed by atoms with Gasteiger partial charge in [0.15, 0.2) is 0 Å². The molecule has 0 atom stereocenters. The van der Waals surface area contributed by atoms with Gasteiger partial charge in [0.05, 0.1) is 4.47 Å². The molecule has 1 amide bonds. The van der Waals surface area contributed by atoms with E-state index in [0.29, 0.717) is 34.4 Å². The molecule has 170 valence electrons. The predicted octanol–water partition coefficient (Wildman–Crippen LogP) is 5.19. The van der Waals surface area contributed by atoms with Gasteiger partial charge in [-0.2, -0.15) is 4.98 Å². The van der Waals surface area contributed by atoms with E-state index in [2.05, 4.69) is 48.4 Å². The van der Waals surface area contributed by atoms with Crippen LogP contribution in [0, 0.1) is 5.92 Å². The summed E-state index contributed by atoms with van der Waals surface area (Å²) in [4.78, 5) is 20.6. The molecular formula is C23H29BrN6O2. The fourth-order valence-electron chi connectivity index (χ4n) is 2.76. The van der Waals surface area contributed by atoms with Crippen molar-refractivity contribution in [1.29, 1.82) is 0 Å². The van der Waals surface area contributed by atoms with Gasteiger partial charge in [-0.05, 0) is 79.2 Å². The number of nitrogens with zero attached hydrogens (tertiary/aromatic N) is 2. The van der Waals surface area contributed by atoms with E-state index in [4.69, 9.17) is 10.5 Å². The lowest BCUT2D eigenvalue weighted by Gasteiger charge is -2.19. The molecule has 1 saturated carbocycles. The minimum absolute atomic E-state index is 0.373. The van der Waals surface area contributed by atoms with Crippen molar-refractivity contribution >= 4 is 39.5 Å². The molecule has 8 nitrogen and oxygen atoms in total. The molecular weight excluding hydrogens is 472 g/mol. The molecule has 5 N–H and O–H groups in total. The fourth-order valence-corrected chi connectivity index (χ4v) is 3.05. The van der Waals surface area contributed by atoms with Crippen molar-refractivity contribution < 1.29 is 9.53 Å². The number of rotatable bonds is 8. The molecule has 9 heteroatoms. The number of hydrogen-bond donors (Lipinski definition) is 4. The second-order valence-electron chi connectivity index (χ2n) is 8.64. The molecule has 1 aromatic carbocycles. The van der Waals surface area contributed by atoms with Crippen molar-refractivity contribution in [3.05, 3.63) is 64.5 Å². The van der Waals surface area contributed by atoms with Gasteiger partial charge in [0.25, 0.3) is 0 Å². The highest BCUT2D eigenvalue weighted by atomic mass is 79.9. The summed E-state index contributed by atoms with van der Waals surface area (Å²) in [6.07, 6.45) is 5.34. The van der Waals surface area contributed by atoms with Crippen molar-refractivity contribution in [2.45, 2.75) is 45.8 Å². The van der Waals surface area contributed by atoms with E-state index in [0.717, 1.165) is 29.8 Å². The molecule has 1 aliphatic carbocycles. The molecule has 0 radical (unpaired) electrons. The molecule has 0 aliphatic heterocycles. The van der Waals surface area contributed by atoms with Crippen molar-refractivity contribution in [3.8, 4) is 0 Å². The van der Waals surface area contributed by atoms with Gasteiger partial charge in [0.1, 0.15) is 11.4 Å². The Bertz CT molecular complexity index is 1010. The topological polar surface area (TPSA) is 114 Å². The minimum atomic E-state index is -0.525. The predicted molar refractivity (Wildman–Crippen MR) is 130 cm³/mol. The Morgan fingerprint density at radius 1 is 1.31 bits per heavy atom. The van der Waals surface area contributed by atoms with Crippen molar-refractivity contribution in [3.63, 3.8) is 0 Å². The highest BCUT2D eigenvalue weighted by molar-refractivity contribution is 9.10. The molecule has 1 aliphatic rings. The van der Waals surface area contributed by atoms with Crippen molar-refractivity contribution in [1.82, 2.24) is 15.3 Å². The standard InChI is InChI=1S/C23H29BrN6O2/c1-14(11-19(25)16-7-8-16)28-20-18(24)13-26-21(30-20)29-17-9-5-15(6-10-17)12-27-22(31)32-23(2,3)4/h5-6,9-11,13,16H,1,7-8,12,25H2,2-4H3,(H,27,31)(H2,26,28,29,30)/b19-11-. The van der Waals surface area contributed by atoms with Gasteiger partial charge in [-0.1, -0.05) is 18.7 Å². The van der Waals surface area contributed by atoms with Gasteiger partial charge in [-0.3, -0.25) is 0 Å². The van der Waals surface area contributed by atoms with Crippen LogP contribution in [-0.2, 0) is 11.3 Å². The Balaban J connectivity index is 1.57. The van der Waals surface area contributed by atoms with Crippen LogP contribution >= 0.6 is 15.9 Å². The zero-order valence-corrected chi connectivity index (χ0v) is 20.1. The van der Waals surface area contributed by atoms with Crippen LogP contribution in [0.3, 0.4) is 0 Å². The monoisotopic (exact) mass is 500 g/mol. The lowest BCUT2D eigenvalue weighted by molar-refractivity contribution is 0.0523. The van der Waals surface area contributed by atoms with E-state index in [1.54, 1.807) is 6.20 Å². The zero-order valence-electron chi connectivity index (χ0n) is 18.5. The van der Waals surface area contributed by atoms with Gasteiger partial charge in [-0.25, -0.2) is 9.78 Å². The second-order valence-corrected chi connectivity index (χ2v) is 9.49. The number of carbonyl (C=O) groups excluding carboxylic acids is 1. The number of ether oxygens (including phenoxy) is 1. The number of amides is 1. The van der Waals surface area contributed by atoms with Crippen LogP contribution in [0.5, 0.6) is 0 Å². The van der Waals surface area contributed by atoms with Crippen LogP contribution in [-0.4, -0.2) is 21.7 Å². The SMILES string of the molecule is C=C(/C=C(\N)C1CC1)Nc1nc(Nc2ccc(CNC(=O)OC(C)(C)C)cc2)ncc1Br. The van der Waals surface area contributed by atoms with Crippen LogP contribution in [0.4, 0.5) is 22.2 Å². The van der Waals surface area contributed by atoms with E-state index < -0.39 is 11.7 Å². The second kappa shape index (κ2) is 10.0. The molecule has 0 saturated heterocycles. The van der Waals surface area contributed by atoms with E-state index >= 15 is 0 Å². The highest BCUT2D eigenvalue weighted by Gasteiger charge is 2.24. The van der Waals surface area contributed by atoms with Crippen LogP contribution < -0.4 is 21.7 Å². The van der Waals surface area contributed by atoms with Crippen LogP contribution in [0.15, 0.2) is 59.0 Å². The normalized spacial score (nSPS) is 13.9. The van der Waals surface area contributed by atoms with E-state index in [9.17, 15) is 4.79 Å². The third kappa shape index (κ3) is 7.56. The molecule has 0 spiro atoms. The summed E-state index contributed by atoms with van der Waals surface area (Å²) < 4.78 is 5.95. The zero-order chi connectivity index (χ0) is 23.3. The summed E-state index contributed by atoms with van der Waals surface area (Å²) in [5.74, 6) is 1.50. The van der Waals surface area contributed by atoms with Crippen LogP contribution in [0.1, 0.15) is 39.2 Å². The Kier molecular flexibility index (Phi) is 7.40. The molecule has 3 rings (SSSR count). The average Bonchev–Trinajstić information content (AvgIpc) is 3.54. The third-order valence-electron chi connectivity index (χ3n) is 4.46. The molecule has 1 fully saturated rings. The van der Waals surface area contributed by atoms with Crippen molar-refractivity contribution in [2.75, 3.05) is 10.6 Å². The molecule has 0 unspecified atom stereocenters. The first kappa shape index (κ1) is 23.6. The number of halogens is 1. The number of hydrogen-bond acceptors (Lipinski definition) is 7. The van der Waals surface area contributed by atoms with Gasteiger partial charge < -0.3 is 26.4 Å². The largest absolute Gasteiger partial charge is 0.444 e. The molecule has 0 bridgehead atoms. The molecule has 2 aromatic rings. The smallest absolute Gasteiger partial charge is 0.407 e. The van der Waals surface area contributed by atoms with Crippen molar-refractivity contribution in [2.24, 2.45) is 11.7 Å². The highest BCUT2D eigenvalue weighted by Crippen LogP contribution is 2.34. The summed E-state index contributed by atoms with van der Waals surface area (Å²) in [6.45, 7) is 9.86. The number of nitrogens with one attached hydrogen (secondary N) is 3.